The predicted molar refractivity (Wildman–Crippen MR) is 118 cm³/mol. The third-order valence-corrected chi connectivity index (χ3v) is 5.72. The van der Waals surface area contributed by atoms with E-state index in [9.17, 15) is 14.4 Å². The van der Waals surface area contributed by atoms with E-state index < -0.39 is 22.5 Å². The number of hydrogen-bond donors (Lipinski definition) is 0. The summed E-state index contributed by atoms with van der Waals surface area (Å²) in [5.74, 6) is -0.262. The zero-order valence-corrected chi connectivity index (χ0v) is 18.6. The van der Waals surface area contributed by atoms with E-state index in [4.69, 9.17) is 14.2 Å². The molecule has 2 aliphatic heterocycles. The molecule has 2 aliphatic rings. The van der Waals surface area contributed by atoms with Crippen LogP contribution in [0.1, 0.15) is 49.7 Å². The average molecular weight is 440 g/mol. The number of ketones is 1. The molecule has 0 unspecified atom stereocenters. The standard InChI is InChI=1S/C24H28N2O6/c1-23(2,3)32-22(29)26-16-24(10-13-30-14-11-24)21(28)19-20(18(27)9-12-25(19)26)31-15-17-7-5-4-6-8-17/h4-9,12H,10-11,13-16H2,1-3H3. The summed E-state index contributed by atoms with van der Waals surface area (Å²) in [5.41, 5.74) is -1.04. The van der Waals surface area contributed by atoms with Crippen LogP contribution in [0, 0.1) is 5.41 Å². The highest BCUT2D eigenvalue weighted by molar-refractivity contribution is 6.04. The molecular weight excluding hydrogens is 412 g/mol. The molecule has 170 valence electrons. The van der Waals surface area contributed by atoms with Crippen molar-refractivity contribution in [1.29, 1.82) is 0 Å². The lowest BCUT2D eigenvalue weighted by Gasteiger charge is -2.45. The SMILES string of the molecule is CC(C)(C)OC(=O)N1CC2(CCOCC2)C(=O)c2c(OCc3ccccc3)c(=O)ccn21. The lowest BCUT2D eigenvalue weighted by molar-refractivity contribution is 0.00903. The summed E-state index contributed by atoms with van der Waals surface area (Å²) in [6.45, 7) is 6.44. The molecule has 0 atom stereocenters. The van der Waals surface area contributed by atoms with Crippen molar-refractivity contribution in [3.63, 3.8) is 0 Å². The number of carbonyl (C=O) groups excluding carboxylic acids is 2. The van der Waals surface area contributed by atoms with E-state index in [1.165, 1.54) is 21.9 Å². The molecule has 1 saturated heterocycles. The number of aromatic nitrogens is 1. The first-order valence-corrected chi connectivity index (χ1v) is 10.8. The Bertz CT molecular complexity index is 1060. The fourth-order valence-electron chi connectivity index (χ4n) is 4.09. The Morgan fingerprint density at radius 3 is 2.44 bits per heavy atom. The van der Waals surface area contributed by atoms with Gasteiger partial charge in [-0.15, -0.1) is 0 Å². The van der Waals surface area contributed by atoms with Crippen LogP contribution in [-0.4, -0.2) is 41.9 Å². The van der Waals surface area contributed by atoms with Gasteiger partial charge in [0.1, 0.15) is 12.2 Å². The number of ether oxygens (including phenoxy) is 3. The molecule has 4 rings (SSSR count). The molecule has 0 saturated carbocycles. The maximum atomic E-state index is 13.8. The summed E-state index contributed by atoms with van der Waals surface area (Å²) in [5, 5.41) is 1.39. The largest absolute Gasteiger partial charge is 0.483 e. The first kappa shape index (κ1) is 22.1. The quantitative estimate of drug-likeness (QED) is 0.728. The summed E-state index contributed by atoms with van der Waals surface area (Å²) >= 11 is 0. The molecule has 0 N–H and O–H groups in total. The van der Waals surface area contributed by atoms with Gasteiger partial charge in [0.05, 0.1) is 12.0 Å². The normalized spacial score (nSPS) is 17.7. The molecular formula is C24H28N2O6. The number of pyridine rings is 1. The van der Waals surface area contributed by atoms with Crippen molar-refractivity contribution in [3.8, 4) is 5.75 Å². The fourth-order valence-corrected chi connectivity index (χ4v) is 4.09. The maximum Gasteiger partial charge on any atom is 0.429 e. The van der Waals surface area contributed by atoms with Crippen LogP contribution in [0.5, 0.6) is 5.75 Å². The van der Waals surface area contributed by atoms with Gasteiger partial charge < -0.3 is 14.2 Å². The Labute approximate surface area is 186 Å². The number of Topliss-reactive ketones (excluding diaryl/α,β-unsaturated/α-hetero) is 1. The number of carbonyl (C=O) groups is 2. The third kappa shape index (κ3) is 4.27. The van der Waals surface area contributed by atoms with Crippen LogP contribution in [0.4, 0.5) is 4.79 Å². The van der Waals surface area contributed by atoms with Gasteiger partial charge in [0.25, 0.3) is 0 Å². The zero-order valence-electron chi connectivity index (χ0n) is 18.6. The van der Waals surface area contributed by atoms with Crippen molar-refractivity contribution in [1.82, 2.24) is 4.68 Å². The zero-order chi connectivity index (χ0) is 22.9. The fraction of sp³-hybridized carbons (Fsp3) is 0.458. The first-order chi connectivity index (χ1) is 15.2. The molecule has 0 aliphatic carbocycles. The molecule has 8 heteroatoms. The highest BCUT2D eigenvalue weighted by Gasteiger charge is 2.50. The summed E-state index contributed by atoms with van der Waals surface area (Å²) in [4.78, 5) is 39.6. The average Bonchev–Trinajstić information content (AvgIpc) is 2.76. The van der Waals surface area contributed by atoms with Crippen molar-refractivity contribution in [3.05, 3.63) is 64.1 Å². The number of rotatable bonds is 3. The van der Waals surface area contributed by atoms with Gasteiger partial charge in [-0.25, -0.2) is 14.5 Å². The Balaban J connectivity index is 1.79. The second-order valence-corrected chi connectivity index (χ2v) is 9.24. The van der Waals surface area contributed by atoms with Crippen LogP contribution < -0.4 is 15.2 Å². The molecule has 2 aromatic rings. The Hall–Kier alpha value is -3.13. The monoisotopic (exact) mass is 440 g/mol. The number of hydrogen-bond acceptors (Lipinski definition) is 6. The minimum Gasteiger partial charge on any atom is -0.483 e. The molecule has 1 fully saturated rings. The Morgan fingerprint density at radius 2 is 1.78 bits per heavy atom. The van der Waals surface area contributed by atoms with E-state index in [1.54, 1.807) is 20.8 Å². The van der Waals surface area contributed by atoms with Gasteiger partial charge in [-0.1, -0.05) is 30.3 Å². The van der Waals surface area contributed by atoms with Crippen LogP contribution in [-0.2, 0) is 16.1 Å². The molecule has 0 bridgehead atoms. The minimum atomic E-state index is -0.853. The van der Waals surface area contributed by atoms with Crippen molar-refractivity contribution < 1.29 is 23.8 Å². The van der Waals surface area contributed by atoms with E-state index in [1.807, 2.05) is 30.3 Å². The second kappa shape index (κ2) is 8.43. The molecule has 0 radical (unpaired) electrons. The second-order valence-electron chi connectivity index (χ2n) is 9.24. The van der Waals surface area contributed by atoms with Crippen molar-refractivity contribution in [2.24, 2.45) is 5.41 Å². The lowest BCUT2D eigenvalue weighted by atomic mass is 9.73. The molecule has 1 aromatic carbocycles. The van der Waals surface area contributed by atoms with Crippen molar-refractivity contribution >= 4 is 11.9 Å². The van der Waals surface area contributed by atoms with Gasteiger partial charge in [0, 0.05) is 25.5 Å². The highest BCUT2D eigenvalue weighted by Crippen LogP contribution is 2.40. The molecule has 32 heavy (non-hydrogen) atoms. The van der Waals surface area contributed by atoms with Crippen LogP contribution >= 0.6 is 0 Å². The molecule has 1 amide bonds. The van der Waals surface area contributed by atoms with E-state index in [-0.39, 0.29) is 30.4 Å². The number of fused-ring (bicyclic) bond motifs is 1. The third-order valence-electron chi connectivity index (χ3n) is 5.72. The summed E-state index contributed by atoms with van der Waals surface area (Å²) in [7, 11) is 0. The van der Waals surface area contributed by atoms with Crippen LogP contribution in [0.25, 0.3) is 0 Å². The number of nitrogens with zero attached hydrogens (tertiary/aromatic N) is 2. The van der Waals surface area contributed by atoms with Gasteiger partial charge >= 0.3 is 6.09 Å². The summed E-state index contributed by atoms with van der Waals surface area (Å²) in [6.07, 6.45) is 1.74. The van der Waals surface area contributed by atoms with Crippen LogP contribution in [0.2, 0.25) is 0 Å². The van der Waals surface area contributed by atoms with E-state index >= 15 is 0 Å². The van der Waals surface area contributed by atoms with E-state index in [2.05, 4.69) is 0 Å². The molecule has 8 nitrogen and oxygen atoms in total. The van der Waals surface area contributed by atoms with Gasteiger partial charge in [0.15, 0.2) is 17.2 Å². The van der Waals surface area contributed by atoms with Crippen molar-refractivity contribution in [2.45, 2.75) is 45.8 Å². The predicted octanol–water partition coefficient (Wildman–Crippen LogP) is 3.29. The smallest absolute Gasteiger partial charge is 0.429 e. The lowest BCUT2D eigenvalue weighted by Crippen LogP contribution is -2.59. The molecule has 3 heterocycles. The summed E-state index contributed by atoms with van der Waals surface area (Å²) in [6, 6.07) is 10.7. The van der Waals surface area contributed by atoms with E-state index in [0.717, 1.165) is 5.56 Å². The Kier molecular flexibility index (Phi) is 5.81. The van der Waals surface area contributed by atoms with Gasteiger partial charge in [0.2, 0.25) is 5.43 Å². The van der Waals surface area contributed by atoms with Gasteiger partial charge in [-0.3, -0.25) is 9.59 Å². The Morgan fingerprint density at radius 1 is 1.09 bits per heavy atom. The van der Waals surface area contributed by atoms with Gasteiger partial charge in [-0.05, 0) is 39.2 Å². The number of amides is 1. The van der Waals surface area contributed by atoms with Crippen molar-refractivity contribution in [2.75, 3.05) is 24.8 Å². The highest BCUT2D eigenvalue weighted by atomic mass is 16.6. The molecule has 1 spiro atoms. The van der Waals surface area contributed by atoms with Crippen LogP contribution in [0.15, 0.2) is 47.4 Å². The van der Waals surface area contributed by atoms with Gasteiger partial charge in [-0.2, -0.15) is 0 Å². The summed E-state index contributed by atoms with van der Waals surface area (Å²) < 4.78 is 18.4. The topological polar surface area (TPSA) is 87.1 Å². The molecule has 1 aromatic heterocycles. The number of benzene rings is 1. The van der Waals surface area contributed by atoms with Crippen LogP contribution in [0.3, 0.4) is 0 Å². The van der Waals surface area contributed by atoms with E-state index in [0.29, 0.717) is 26.1 Å². The first-order valence-electron chi connectivity index (χ1n) is 10.8. The maximum absolute atomic E-state index is 13.8. The minimum absolute atomic E-state index is 0.0551.